The quantitative estimate of drug-likeness (QED) is 0.422. The van der Waals surface area contributed by atoms with E-state index in [-0.39, 0.29) is 5.75 Å². The molecule has 4 heteroatoms. The van der Waals surface area contributed by atoms with E-state index in [0.29, 0.717) is 11.7 Å². The molecular formula is C2H3Cl2OS+. The van der Waals surface area contributed by atoms with E-state index in [2.05, 4.69) is 0 Å². The molecule has 0 atom stereocenters. The van der Waals surface area contributed by atoms with Gasteiger partial charge in [0.15, 0.2) is 4.84 Å². The molecule has 0 unspecified atom stereocenters. The third kappa shape index (κ3) is 4.60. The summed E-state index contributed by atoms with van der Waals surface area (Å²) in [6.45, 7) is 0. The number of hydrogen-bond donors (Lipinski definition) is 0. The van der Waals surface area contributed by atoms with Gasteiger partial charge in [-0.3, -0.25) is 0 Å². The fourth-order valence-corrected chi connectivity index (χ4v) is 0.463. The molecule has 0 aliphatic heterocycles. The first kappa shape index (κ1) is 6.60. The van der Waals surface area contributed by atoms with Gasteiger partial charge >= 0.3 is 11.7 Å². The van der Waals surface area contributed by atoms with Crippen molar-refractivity contribution in [2.75, 3.05) is 5.75 Å². The minimum Gasteiger partial charge on any atom is -0.0992 e. The van der Waals surface area contributed by atoms with Gasteiger partial charge in [0, 0.05) is 4.21 Å². The highest BCUT2D eigenvalue weighted by atomic mass is 35.5. The number of hydrogen-bond acceptors (Lipinski definition) is 1. The molecule has 0 saturated carbocycles. The van der Waals surface area contributed by atoms with Crippen LogP contribution in [0.3, 0.4) is 0 Å². The third-order valence-electron chi connectivity index (χ3n) is 0.194. The van der Waals surface area contributed by atoms with Crippen LogP contribution < -0.4 is 0 Å². The van der Waals surface area contributed by atoms with Crippen molar-refractivity contribution in [2.45, 2.75) is 4.84 Å². The molecule has 6 heavy (non-hydrogen) atoms. The standard InChI is InChI=1S/C2H3Cl2OS/c3-2(4)1-6-5/h2H,1H2/q+1. The Morgan fingerprint density at radius 1 is 1.67 bits per heavy atom. The molecule has 0 rings (SSSR count). The summed E-state index contributed by atoms with van der Waals surface area (Å²) >= 11 is 10.6. The smallest absolute Gasteiger partial charge is 0.0992 e. The van der Waals surface area contributed by atoms with Gasteiger partial charge < -0.3 is 0 Å². The Morgan fingerprint density at radius 3 is 2.17 bits per heavy atom. The molecule has 0 aliphatic rings. The van der Waals surface area contributed by atoms with E-state index in [4.69, 9.17) is 23.2 Å². The van der Waals surface area contributed by atoms with Crippen molar-refractivity contribution in [1.82, 2.24) is 0 Å². The van der Waals surface area contributed by atoms with Gasteiger partial charge in [-0.05, 0) is 0 Å². The van der Waals surface area contributed by atoms with E-state index >= 15 is 0 Å². The van der Waals surface area contributed by atoms with E-state index in [0.717, 1.165) is 0 Å². The van der Waals surface area contributed by atoms with E-state index in [1.165, 1.54) is 0 Å². The second kappa shape index (κ2) is 3.78. The van der Waals surface area contributed by atoms with Crippen molar-refractivity contribution in [2.24, 2.45) is 0 Å². The molecule has 0 aromatic rings. The second-order valence-electron chi connectivity index (χ2n) is 0.676. The summed E-state index contributed by atoms with van der Waals surface area (Å²) in [5.41, 5.74) is 0. The maximum atomic E-state index is 9.49. The Hall–Kier alpha value is 0.600. The van der Waals surface area contributed by atoms with Gasteiger partial charge in [0.2, 0.25) is 0 Å². The largest absolute Gasteiger partial charge is 0.461 e. The monoisotopic (exact) mass is 145 g/mol. The maximum Gasteiger partial charge on any atom is 0.461 e. The van der Waals surface area contributed by atoms with Gasteiger partial charge in [-0.2, -0.15) is 0 Å². The zero-order valence-corrected chi connectivity index (χ0v) is 5.19. The highest BCUT2D eigenvalue weighted by Crippen LogP contribution is 1.98. The molecule has 0 fully saturated rings. The molecule has 0 radical (unpaired) electrons. The highest BCUT2D eigenvalue weighted by Gasteiger charge is 2.05. The minimum absolute atomic E-state index is 0.267. The molecule has 0 N–H and O–H groups in total. The van der Waals surface area contributed by atoms with Crippen molar-refractivity contribution in [1.29, 1.82) is 0 Å². The summed E-state index contributed by atoms with van der Waals surface area (Å²) < 4.78 is 9.49. The predicted molar refractivity (Wildman–Crippen MR) is 28.4 cm³/mol. The second-order valence-corrected chi connectivity index (χ2v) is 2.52. The van der Waals surface area contributed by atoms with Crippen LogP contribution >= 0.6 is 23.2 Å². The Balaban J connectivity index is 2.81. The average molecular weight is 146 g/mol. The van der Waals surface area contributed by atoms with Crippen LogP contribution in [0.4, 0.5) is 0 Å². The van der Waals surface area contributed by atoms with Crippen LogP contribution in [0.2, 0.25) is 0 Å². The summed E-state index contributed by atoms with van der Waals surface area (Å²) in [6, 6.07) is 0. The average Bonchev–Trinajstić information content (AvgIpc) is 1.35. The van der Waals surface area contributed by atoms with E-state index in [1.54, 1.807) is 0 Å². The van der Waals surface area contributed by atoms with Crippen molar-refractivity contribution >= 4 is 34.9 Å². The topological polar surface area (TPSA) is 17.1 Å². The Kier molecular flexibility index (Phi) is 4.16. The summed E-state index contributed by atoms with van der Waals surface area (Å²) in [5.74, 6) is 0.267. The lowest BCUT2D eigenvalue weighted by Gasteiger charge is -1.73. The summed E-state index contributed by atoms with van der Waals surface area (Å²) in [7, 11) is 0. The van der Waals surface area contributed by atoms with Gasteiger partial charge in [0.05, 0.1) is 0 Å². The molecular weight excluding hydrogens is 143 g/mol. The van der Waals surface area contributed by atoms with Gasteiger partial charge in [-0.25, -0.2) is 0 Å². The molecule has 0 saturated heterocycles. The van der Waals surface area contributed by atoms with Gasteiger partial charge in [0.1, 0.15) is 0 Å². The van der Waals surface area contributed by atoms with Crippen LogP contribution in [-0.4, -0.2) is 10.6 Å². The lowest BCUT2D eigenvalue weighted by Crippen LogP contribution is -1.90. The molecule has 0 heterocycles. The number of rotatable bonds is 2. The first-order chi connectivity index (χ1) is 2.77. The molecule has 0 aliphatic carbocycles. The first-order valence-electron chi connectivity index (χ1n) is 1.30. The van der Waals surface area contributed by atoms with Crippen LogP contribution in [0, 0.1) is 0 Å². The molecule has 36 valence electrons. The SMILES string of the molecule is O=[S+]CC(Cl)Cl. The van der Waals surface area contributed by atoms with Crippen molar-refractivity contribution in [3.63, 3.8) is 0 Å². The molecule has 0 amide bonds. The zero-order valence-electron chi connectivity index (χ0n) is 2.86. The van der Waals surface area contributed by atoms with Gasteiger partial charge in [0.25, 0.3) is 5.75 Å². The first-order valence-corrected chi connectivity index (χ1v) is 3.08. The minimum atomic E-state index is -0.507. The zero-order chi connectivity index (χ0) is 4.99. The molecule has 0 aromatic heterocycles. The summed E-state index contributed by atoms with van der Waals surface area (Å²) in [6.07, 6.45) is 0. The maximum absolute atomic E-state index is 9.49. The highest BCUT2D eigenvalue weighted by molar-refractivity contribution is 7.65. The summed E-state index contributed by atoms with van der Waals surface area (Å²) in [5, 5.41) is 0. The lowest BCUT2D eigenvalue weighted by molar-refractivity contribution is 0.605. The Labute approximate surface area is 50.1 Å². The Morgan fingerprint density at radius 2 is 2.17 bits per heavy atom. The van der Waals surface area contributed by atoms with E-state index in [1.807, 2.05) is 0 Å². The number of alkyl halides is 2. The predicted octanol–water partition coefficient (Wildman–Crippen LogP) is 1.22. The van der Waals surface area contributed by atoms with Crippen LogP contribution in [0.15, 0.2) is 0 Å². The summed E-state index contributed by atoms with van der Waals surface area (Å²) in [4.78, 5) is -0.507. The van der Waals surface area contributed by atoms with Crippen LogP contribution in [-0.2, 0) is 15.9 Å². The fourth-order valence-electron chi connectivity index (χ4n) is 0.0514. The van der Waals surface area contributed by atoms with Gasteiger partial charge in [-0.15, -0.1) is 0 Å². The Bertz CT molecular complexity index is 46.8. The molecule has 0 aromatic carbocycles. The van der Waals surface area contributed by atoms with Crippen LogP contribution in [0.5, 0.6) is 0 Å². The van der Waals surface area contributed by atoms with Crippen molar-refractivity contribution in [3.05, 3.63) is 0 Å². The van der Waals surface area contributed by atoms with E-state index < -0.39 is 4.84 Å². The molecule has 0 bridgehead atoms. The van der Waals surface area contributed by atoms with Crippen LogP contribution in [0.25, 0.3) is 0 Å². The van der Waals surface area contributed by atoms with Crippen molar-refractivity contribution in [3.8, 4) is 0 Å². The normalized spacial score (nSPS) is 9.17. The van der Waals surface area contributed by atoms with Gasteiger partial charge in [-0.1, -0.05) is 23.2 Å². The lowest BCUT2D eigenvalue weighted by atomic mass is 10.9. The third-order valence-corrected chi connectivity index (χ3v) is 1.34. The van der Waals surface area contributed by atoms with Crippen LogP contribution in [0.1, 0.15) is 0 Å². The fraction of sp³-hybridized carbons (Fsp3) is 1.00. The number of halogens is 2. The van der Waals surface area contributed by atoms with Crippen molar-refractivity contribution < 1.29 is 4.21 Å². The molecule has 1 nitrogen and oxygen atoms in total. The van der Waals surface area contributed by atoms with E-state index in [9.17, 15) is 4.21 Å². The molecule has 0 spiro atoms.